The molecule has 0 unspecified atom stereocenters. The van der Waals surface area contributed by atoms with Gasteiger partial charge >= 0.3 is 0 Å². The molecule has 3 nitrogen and oxygen atoms in total. The van der Waals surface area contributed by atoms with E-state index in [4.69, 9.17) is 18.0 Å². The molecule has 0 saturated heterocycles. The molecule has 0 saturated carbocycles. The fourth-order valence-electron chi connectivity index (χ4n) is 0.919. The van der Waals surface area contributed by atoms with Gasteiger partial charge in [0.15, 0.2) is 0 Å². The van der Waals surface area contributed by atoms with E-state index in [-0.39, 0.29) is 4.99 Å². The highest BCUT2D eigenvalue weighted by atomic mass is 32.1. The van der Waals surface area contributed by atoms with Gasteiger partial charge in [0.1, 0.15) is 10.8 Å². The molecule has 0 radical (unpaired) electrons. The lowest BCUT2D eigenvalue weighted by Crippen LogP contribution is -2.17. The van der Waals surface area contributed by atoms with Crippen LogP contribution in [0.15, 0.2) is 18.3 Å². The molecule has 0 fully saturated rings. The average molecular weight is 217 g/mol. The Morgan fingerprint density at radius 2 is 2.36 bits per heavy atom. The van der Waals surface area contributed by atoms with E-state index < -0.39 is 13.0 Å². The summed E-state index contributed by atoms with van der Waals surface area (Å²) >= 11 is 4.74. The van der Waals surface area contributed by atoms with Gasteiger partial charge in [-0.15, -0.1) is 0 Å². The second-order valence-corrected chi connectivity index (χ2v) is 2.98. The van der Waals surface area contributed by atoms with E-state index in [9.17, 15) is 8.78 Å². The van der Waals surface area contributed by atoms with Crippen molar-refractivity contribution in [2.24, 2.45) is 5.73 Å². The van der Waals surface area contributed by atoms with Gasteiger partial charge in [-0.2, -0.15) is 0 Å². The first-order chi connectivity index (χ1) is 6.61. The van der Waals surface area contributed by atoms with Gasteiger partial charge in [-0.25, -0.2) is 13.8 Å². The number of nitrogens with one attached hydrogen (secondary N) is 1. The molecular weight excluding hydrogens is 208 g/mol. The summed E-state index contributed by atoms with van der Waals surface area (Å²) in [5.41, 5.74) is 5.86. The largest absolute Gasteiger partial charge is 0.389 e. The van der Waals surface area contributed by atoms with Crippen LogP contribution in [0.5, 0.6) is 0 Å². The fraction of sp³-hybridized carbons (Fsp3) is 0.250. The van der Waals surface area contributed by atoms with Crippen LogP contribution in [0.4, 0.5) is 14.6 Å². The highest BCUT2D eigenvalue weighted by molar-refractivity contribution is 7.80. The number of aromatic nitrogens is 1. The highest BCUT2D eigenvalue weighted by Gasteiger charge is 2.07. The SMILES string of the molecule is NC(=S)c1cccnc1NCC(F)F. The van der Waals surface area contributed by atoms with Gasteiger partial charge in [0, 0.05) is 6.20 Å². The van der Waals surface area contributed by atoms with Crippen molar-refractivity contribution in [3.8, 4) is 0 Å². The molecule has 0 aromatic carbocycles. The summed E-state index contributed by atoms with van der Waals surface area (Å²) in [5.74, 6) is 0.292. The maximum Gasteiger partial charge on any atom is 0.255 e. The van der Waals surface area contributed by atoms with Gasteiger partial charge in [0.2, 0.25) is 0 Å². The van der Waals surface area contributed by atoms with Gasteiger partial charge in [-0.1, -0.05) is 12.2 Å². The van der Waals surface area contributed by atoms with Crippen LogP contribution < -0.4 is 11.1 Å². The van der Waals surface area contributed by atoms with Gasteiger partial charge in [-0.05, 0) is 12.1 Å². The van der Waals surface area contributed by atoms with Crippen molar-refractivity contribution in [1.29, 1.82) is 0 Å². The van der Waals surface area contributed by atoms with Crippen molar-refractivity contribution < 1.29 is 8.78 Å². The number of hydrogen-bond acceptors (Lipinski definition) is 3. The number of pyridine rings is 1. The summed E-state index contributed by atoms with van der Waals surface area (Å²) < 4.78 is 23.8. The van der Waals surface area contributed by atoms with E-state index in [0.29, 0.717) is 11.4 Å². The molecule has 1 aromatic rings. The molecule has 0 spiro atoms. The molecule has 1 heterocycles. The lowest BCUT2D eigenvalue weighted by Gasteiger charge is -2.08. The number of hydrogen-bond donors (Lipinski definition) is 2. The predicted octanol–water partition coefficient (Wildman–Crippen LogP) is 1.39. The van der Waals surface area contributed by atoms with Crippen molar-refractivity contribution in [3.05, 3.63) is 23.9 Å². The number of alkyl halides is 2. The third-order valence-electron chi connectivity index (χ3n) is 1.50. The molecule has 0 aliphatic rings. The van der Waals surface area contributed by atoms with Gasteiger partial charge in [0.25, 0.3) is 6.43 Å². The van der Waals surface area contributed by atoms with E-state index in [2.05, 4.69) is 10.3 Å². The Morgan fingerprint density at radius 3 is 2.93 bits per heavy atom. The number of rotatable bonds is 4. The lowest BCUT2D eigenvalue weighted by molar-refractivity contribution is 0.163. The molecule has 0 amide bonds. The Labute approximate surface area is 85.3 Å². The van der Waals surface area contributed by atoms with Crippen molar-refractivity contribution in [2.45, 2.75) is 6.43 Å². The molecule has 6 heteroatoms. The Bertz CT molecular complexity index is 330. The molecule has 0 aliphatic carbocycles. The number of nitrogens with zero attached hydrogens (tertiary/aromatic N) is 1. The van der Waals surface area contributed by atoms with Crippen molar-refractivity contribution in [3.63, 3.8) is 0 Å². The third kappa shape index (κ3) is 2.88. The zero-order chi connectivity index (χ0) is 10.6. The average Bonchev–Trinajstić information content (AvgIpc) is 2.15. The summed E-state index contributed by atoms with van der Waals surface area (Å²) in [7, 11) is 0. The normalized spacial score (nSPS) is 10.2. The minimum Gasteiger partial charge on any atom is -0.389 e. The number of nitrogens with two attached hydrogens (primary N) is 1. The van der Waals surface area contributed by atoms with E-state index in [1.165, 1.54) is 6.20 Å². The second kappa shape index (κ2) is 4.80. The first-order valence-electron chi connectivity index (χ1n) is 3.88. The van der Waals surface area contributed by atoms with Gasteiger partial charge < -0.3 is 11.1 Å². The number of thiocarbonyl (C=S) groups is 1. The second-order valence-electron chi connectivity index (χ2n) is 2.54. The van der Waals surface area contributed by atoms with E-state index in [1.807, 2.05) is 0 Å². The molecule has 0 bridgehead atoms. The van der Waals surface area contributed by atoms with Crippen molar-refractivity contribution >= 4 is 23.0 Å². The Hall–Kier alpha value is -1.30. The molecule has 1 rings (SSSR count). The van der Waals surface area contributed by atoms with Crippen molar-refractivity contribution in [1.82, 2.24) is 4.98 Å². The minimum atomic E-state index is -2.43. The highest BCUT2D eigenvalue weighted by Crippen LogP contribution is 2.11. The standard InChI is InChI=1S/C8H9F2N3S/c9-6(10)4-13-8-5(7(11)14)2-1-3-12-8/h1-3,6H,4H2,(H2,11,14)(H,12,13). The summed E-state index contributed by atoms with van der Waals surface area (Å²) in [5, 5.41) is 2.47. The topological polar surface area (TPSA) is 50.9 Å². The van der Waals surface area contributed by atoms with Crippen LogP contribution in [0, 0.1) is 0 Å². The summed E-state index contributed by atoms with van der Waals surface area (Å²) in [6, 6.07) is 3.27. The van der Waals surface area contributed by atoms with Crippen LogP contribution in [0.2, 0.25) is 0 Å². The third-order valence-corrected chi connectivity index (χ3v) is 1.72. The lowest BCUT2D eigenvalue weighted by atomic mass is 10.2. The number of anilines is 1. The quantitative estimate of drug-likeness (QED) is 0.748. The Balaban J connectivity index is 2.79. The first kappa shape index (κ1) is 10.8. The van der Waals surface area contributed by atoms with Crippen LogP contribution in [-0.2, 0) is 0 Å². The monoisotopic (exact) mass is 217 g/mol. The summed E-state index contributed by atoms with van der Waals surface area (Å²) in [6.07, 6.45) is -0.952. The number of halogens is 2. The van der Waals surface area contributed by atoms with E-state index in [0.717, 1.165) is 0 Å². The maximum absolute atomic E-state index is 11.9. The van der Waals surface area contributed by atoms with Crippen LogP contribution in [-0.4, -0.2) is 22.9 Å². The molecule has 76 valence electrons. The minimum absolute atomic E-state index is 0.134. The van der Waals surface area contributed by atoms with Crippen LogP contribution >= 0.6 is 12.2 Å². The molecule has 0 aliphatic heterocycles. The van der Waals surface area contributed by atoms with E-state index >= 15 is 0 Å². The molecular formula is C8H9F2N3S. The summed E-state index contributed by atoms with van der Waals surface area (Å²) in [4.78, 5) is 3.99. The van der Waals surface area contributed by atoms with Crippen LogP contribution in [0.25, 0.3) is 0 Å². The smallest absolute Gasteiger partial charge is 0.255 e. The Kier molecular flexibility index (Phi) is 3.70. The molecule has 14 heavy (non-hydrogen) atoms. The molecule has 0 atom stereocenters. The van der Waals surface area contributed by atoms with Crippen molar-refractivity contribution in [2.75, 3.05) is 11.9 Å². The van der Waals surface area contributed by atoms with E-state index in [1.54, 1.807) is 12.1 Å². The summed E-state index contributed by atoms with van der Waals surface area (Å²) in [6.45, 7) is -0.466. The Morgan fingerprint density at radius 1 is 1.64 bits per heavy atom. The maximum atomic E-state index is 11.9. The van der Waals surface area contributed by atoms with Crippen LogP contribution in [0.1, 0.15) is 5.56 Å². The molecule has 1 aromatic heterocycles. The zero-order valence-corrected chi connectivity index (χ0v) is 8.02. The predicted molar refractivity (Wildman–Crippen MR) is 54.6 cm³/mol. The molecule has 3 N–H and O–H groups in total. The van der Waals surface area contributed by atoms with Crippen LogP contribution in [0.3, 0.4) is 0 Å². The fourth-order valence-corrected chi connectivity index (χ4v) is 1.08. The van der Waals surface area contributed by atoms with Gasteiger partial charge in [-0.3, -0.25) is 0 Å². The first-order valence-corrected chi connectivity index (χ1v) is 4.29. The van der Waals surface area contributed by atoms with Gasteiger partial charge in [0.05, 0.1) is 12.1 Å². The zero-order valence-electron chi connectivity index (χ0n) is 7.21.